The lowest BCUT2D eigenvalue weighted by atomic mass is 9.94. The van der Waals surface area contributed by atoms with Crippen LogP contribution in [0.3, 0.4) is 0 Å². The summed E-state index contributed by atoms with van der Waals surface area (Å²) in [6.07, 6.45) is 4.67. The third-order valence-electron chi connectivity index (χ3n) is 3.50. The number of fused-ring (bicyclic) bond motifs is 1. The van der Waals surface area contributed by atoms with Crippen LogP contribution in [0.2, 0.25) is 0 Å². The Hall–Kier alpha value is -0.870. The van der Waals surface area contributed by atoms with Gasteiger partial charge in [0.25, 0.3) is 0 Å². The van der Waals surface area contributed by atoms with E-state index in [2.05, 4.69) is 23.7 Å². The Bertz CT molecular complexity index is 374. The maximum absolute atomic E-state index is 5.82. The number of aromatic nitrogens is 2. The third kappa shape index (κ3) is 2.93. The van der Waals surface area contributed by atoms with Crippen LogP contribution in [0.5, 0.6) is 0 Å². The zero-order valence-electron chi connectivity index (χ0n) is 11.3. The average Bonchev–Trinajstić information content (AvgIpc) is 2.39. The van der Waals surface area contributed by atoms with E-state index in [1.807, 2.05) is 0 Å². The number of hydrogen-bond acceptors (Lipinski definition) is 4. The standard InChI is InChI=1S/C13H22N4.ClH/c1-3-17(4-2)13-15-11-8-6-5-7-10(11)12(9-14)16-13;/h3-9,14H2,1-2H3;1H. The van der Waals surface area contributed by atoms with Crippen molar-refractivity contribution < 1.29 is 0 Å². The van der Waals surface area contributed by atoms with E-state index in [1.54, 1.807) is 0 Å². The minimum Gasteiger partial charge on any atom is -0.341 e. The van der Waals surface area contributed by atoms with Crippen molar-refractivity contribution in [2.45, 2.75) is 46.1 Å². The minimum atomic E-state index is 0. The van der Waals surface area contributed by atoms with Crippen LogP contribution >= 0.6 is 12.4 Å². The predicted molar refractivity (Wildman–Crippen MR) is 77.4 cm³/mol. The normalized spacial score (nSPS) is 13.7. The minimum absolute atomic E-state index is 0. The topological polar surface area (TPSA) is 55.0 Å². The van der Waals surface area contributed by atoms with Crippen LogP contribution in [-0.4, -0.2) is 23.1 Å². The zero-order chi connectivity index (χ0) is 12.3. The van der Waals surface area contributed by atoms with E-state index < -0.39 is 0 Å². The molecule has 0 spiro atoms. The molecule has 2 N–H and O–H groups in total. The lowest BCUT2D eigenvalue weighted by molar-refractivity contribution is 0.646. The second kappa shape index (κ2) is 6.90. The van der Waals surface area contributed by atoms with Gasteiger partial charge in [0.2, 0.25) is 5.95 Å². The van der Waals surface area contributed by atoms with Gasteiger partial charge >= 0.3 is 0 Å². The Morgan fingerprint density at radius 2 is 1.78 bits per heavy atom. The first-order valence-electron chi connectivity index (χ1n) is 6.63. The summed E-state index contributed by atoms with van der Waals surface area (Å²) in [5.41, 5.74) is 9.41. The van der Waals surface area contributed by atoms with E-state index in [1.165, 1.54) is 24.1 Å². The Balaban J connectivity index is 0.00000162. The molecular weight excluding hydrogens is 248 g/mol. The molecule has 0 radical (unpaired) electrons. The molecule has 1 heterocycles. The summed E-state index contributed by atoms with van der Waals surface area (Å²) in [6.45, 7) is 6.68. The van der Waals surface area contributed by atoms with E-state index in [9.17, 15) is 0 Å². The van der Waals surface area contributed by atoms with Crippen LogP contribution in [-0.2, 0) is 19.4 Å². The quantitative estimate of drug-likeness (QED) is 0.910. The fraction of sp³-hybridized carbons (Fsp3) is 0.692. The van der Waals surface area contributed by atoms with Crippen molar-refractivity contribution in [3.63, 3.8) is 0 Å². The van der Waals surface area contributed by atoms with E-state index in [-0.39, 0.29) is 12.4 Å². The van der Waals surface area contributed by atoms with Crippen molar-refractivity contribution in [3.8, 4) is 0 Å². The smallest absolute Gasteiger partial charge is 0.225 e. The Labute approximate surface area is 115 Å². The third-order valence-corrected chi connectivity index (χ3v) is 3.50. The molecule has 0 aliphatic heterocycles. The monoisotopic (exact) mass is 270 g/mol. The number of anilines is 1. The van der Waals surface area contributed by atoms with Gasteiger partial charge in [-0.25, -0.2) is 9.97 Å². The van der Waals surface area contributed by atoms with Crippen LogP contribution in [0.1, 0.15) is 43.6 Å². The van der Waals surface area contributed by atoms with E-state index >= 15 is 0 Å². The molecule has 1 aromatic heterocycles. The summed E-state index contributed by atoms with van der Waals surface area (Å²) < 4.78 is 0. The van der Waals surface area contributed by atoms with Crippen LogP contribution in [0.4, 0.5) is 5.95 Å². The number of halogens is 1. The molecule has 0 bridgehead atoms. The second-order valence-electron chi connectivity index (χ2n) is 4.48. The highest BCUT2D eigenvalue weighted by Gasteiger charge is 2.18. The van der Waals surface area contributed by atoms with Gasteiger partial charge in [-0.15, -0.1) is 12.4 Å². The number of nitrogens with two attached hydrogens (primary N) is 1. The molecule has 0 aromatic carbocycles. The molecule has 0 unspecified atom stereocenters. The molecule has 0 amide bonds. The molecule has 2 rings (SSSR count). The van der Waals surface area contributed by atoms with Gasteiger partial charge in [0.15, 0.2) is 0 Å². The van der Waals surface area contributed by atoms with Crippen molar-refractivity contribution in [3.05, 3.63) is 17.0 Å². The zero-order valence-corrected chi connectivity index (χ0v) is 12.1. The van der Waals surface area contributed by atoms with E-state index in [0.29, 0.717) is 6.54 Å². The maximum Gasteiger partial charge on any atom is 0.225 e. The molecule has 1 aliphatic carbocycles. The lowest BCUT2D eigenvalue weighted by Gasteiger charge is -2.23. The van der Waals surface area contributed by atoms with Crippen molar-refractivity contribution in [2.24, 2.45) is 5.73 Å². The van der Waals surface area contributed by atoms with E-state index in [4.69, 9.17) is 10.7 Å². The molecule has 4 nitrogen and oxygen atoms in total. The molecule has 0 saturated heterocycles. The van der Waals surface area contributed by atoms with Crippen LogP contribution < -0.4 is 10.6 Å². The Morgan fingerprint density at radius 3 is 2.39 bits per heavy atom. The molecule has 1 aromatic rings. The molecule has 0 atom stereocenters. The van der Waals surface area contributed by atoms with Gasteiger partial charge < -0.3 is 10.6 Å². The maximum atomic E-state index is 5.82. The van der Waals surface area contributed by atoms with Crippen molar-refractivity contribution >= 4 is 18.4 Å². The lowest BCUT2D eigenvalue weighted by Crippen LogP contribution is -2.26. The highest BCUT2D eigenvalue weighted by atomic mass is 35.5. The Morgan fingerprint density at radius 1 is 1.11 bits per heavy atom. The molecule has 102 valence electrons. The highest BCUT2D eigenvalue weighted by Crippen LogP contribution is 2.24. The summed E-state index contributed by atoms with van der Waals surface area (Å²) >= 11 is 0. The first-order chi connectivity index (χ1) is 8.30. The van der Waals surface area contributed by atoms with Crippen LogP contribution in [0, 0.1) is 0 Å². The van der Waals surface area contributed by atoms with Gasteiger partial charge in [0, 0.05) is 25.3 Å². The summed E-state index contributed by atoms with van der Waals surface area (Å²) in [5.74, 6) is 0.858. The van der Waals surface area contributed by atoms with Gasteiger partial charge in [-0.1, -0.05) is 0 Å². The van der Waals surface area contributed by atoms with Crippen LogP contribution in [0.15, 0.2) is 0 Å². The van der Waals surface area contributed by atoms with Crippen LogP contribution in [0.25, 0.3) is 0 Å². The fourth-order valence-corrected chi connectivity index (χ4v) is 2.47. The molecule has 1 aliphatic rings. The Kier molecular flexibility index (Phi) is 5.82. The SMILES string of the molecule is CCN(CC)c1nc(CN)c2c(n1)CCCC2.Cl. The first kappa shape index (κ1) is 15.2. The number of rotatable bonds is 4. The summed E-state index contributed by atoms with van der Waals surface area (Å²) in [7, 11) is 0. The molecule has 0 saturated carbocycles. The number of aryl methyl sites for hydroxylation is 1. The number of hydrogen-bond donors (Lipinski definition) is 1. The predicted octanol–water partition coefficient (Wildman–Crippen LogP) is 2.08. The van der Waals surface area contributed by atoms with Gasteiger partial charge in [0.1, 0.15) is 0 Å². The van der Waals surface area contributed by atoms with Crippen molar-refractivity contribution in [2.75, 3.05) is 18.0 Å². The molecular formula is C13H23ClN4. The molecule has 5 heteroatoms. The average molecular weight is 271 g/mol. The summed E-state index contributed by atoms with van der Waals surface area (Å²) in [4.78, 5) is 11.5. The first-order valence-corrected chi connectivity index (χ1v) is 6.63. The second-order valence-corrected chi connectivity index (χ2v) is 4.48. The van der Waals surface area contributed by atoms with Gasteiger partial charge in [-0.3, -0.25) is 0 Å². The molecule has 0 fully saturated rings. The van der Waals surface area contributed by atoms with Gasteiger partial charge in [-0.2, -0.15) is 0 Å². The molecule has 18 heavy (non-hydrogen) atoms. The van der Waals surface area contributed by atoms with Gasteiger partial charge in [-0.05, 0) is 45.1 Å². The number of nitrogens with zero attached hydrogens (tertiary/aromatic N) is 3. The fourth-order valence-electron chi connectivity index (χ4n) is 2.47. The van der Waals surface area contributed by atoms with Gasteiger partial charge in [0.05, 0.1) is 5.69 Å². The van der Waals surface area contributed by atoms with Crippen molar-refractivity contribution in [1.82, 2.24) is 9.97 Å². The summed E-state index contributed by atoms with van der Waals surface area (Å²) in [5, 5.41) is 0. The summed E-state index contributed by atoms with van der Waals surface area (Å²) in [6, 6.07) is 0. The van der Waals surface area contributed by atoms with Crippen molar-refractivity contribution in [1.29, 1.82) is 0 Å². The highest BCUT2D eigenvalue weighted by molar-refractivity contribution is 5.85. The van der Waals surface area contributed by atoms with E-state index in [0.717, 1.165) is 37.6 Å². The largest absolute Gasteiger partial charge is 0.341 e.